The summed E-state index contributed by atoms with van der Waals surface area (Å²) in [5, 5.41) is 51.4. The van der Waals surface area contributed by atoms with Crippen LogP contribution < -0.4 is 22.7 Å². The number of nitrogens with zero attached hydrogens (tertiary/aromatic N) is 6. The maximum Gasteiger partial charge on any atom is 0.516 e. The molecular formula is C55H80N8O12P2. The number of anilines is 2. The number of esters is 1. The highest BCUT2D eigenvalue weighted by atomic mass is 31.2. The van der Waals surface area contributed by atoms with E-state index in [4.69, 9.17) is 35.5 Å². The highest BCUT2D eigenvalue weighted by Gasteiger charge is 2.45. The fraction of sp³-hybridized carbons (Fsp3) is 0.545. The summed E-state index contributed by atoms with van der Waals surface area (Å²) in [6.07, 6.45) is 10.4. The van der Waals surface area contributed by atoms with Gasteiger partial charge in [0.15, 0.2) is 12.5 Å². The number of fused-ring (bicyclic) bond motifs is 3. The van der Waals surface area contributed by atoms with E-state index in [2.05, 4.69) is 71.3 Å². The van der Waals surface area contributed by atoms with E-state index in [1.807, 2.05) is 36.4 Å². The molecule has 0 radical (unpaired) electrons. The monoisotopic (exact) mass is 1110 g/mol. The van der Waals surface area contributed by atoms with Crippen LogP contribution in [0.4, 0.5) is 16.4 Å². The van der Waals surface area contributed by atoms with Crippen LogP contribution in [0.25, 0.3) is 11.1 Å². The molecule has 4 heterocycles. The first kappa shape index (κ1) is 60.8. The van der Waals surface area contributed by atoms with Gasteiger partial charge in [0.05, 0.1) is 24.0 Å². The van der Waals surface area contributed by atoms with Crippen LogP contribution in [0.5, 0.6) is 0 Å². The van der Waals surface area contributed by atoms with Crippen LogP contribution in [0.1, 0.15) is 94.7 Å². The molecule has 7 rings (SSSR count). The van der Waals surface area contributed by atoms with E-state index in [1.54, 1.807) is 47.5 Å². The van der Waals surface area contributed by atoms with Crippen LogP contribution in [0.3, 0.4) is 0 Å². The molecule has 77 heavy (non-hydrogen) atoms. The molecule has 2 saturated heterocycles. The highest BCUT2D eigenvalue weighted by molar-refractivity contribution is 7.72. The minimum absolute atomic E-state index is 0.0756. The molecule has 22 heteroatoms. The van der Waals surface area contributed by atoms with E-state index in [0.29, 0.717) is 63.7 Å². The molecule has 2 aromatic heterocycles. The number of ether oxygens (including phenoxy) is 4. The molecule has 2 aliphatic heterocycles. The van der Waals surface area contributed by atoms with Crippen LogP contribution >= 0.6 is 13.8 Å². The lowest BCUT2D eigenvalue weighted by atomic mass is 9.98. The summed E-state index contributed by atoms with van der Waals surface area (Å²) in [7, 11) is 0. The normalized spacial score (nSPS) is 23.4. The lowest BCUT2D eigenvalue weighted by molar-refractivity contribution is -0.144. The van der Waals surface area contributed by atoms with Gasteiger partial charge in [-0.15, -0.1) is 26.4 Å². The molecule has 422 valence electrons. The van der Waals surface area contributed by atoms with Crippen LogP contribution in [0.2, 0.25) is 0 Å². The van der Waals surface area contributed by atoms with Crippen molar-refractivity contribution in [2.75, 3.05) is 70.1 Å². The minimum atomic E-state index is -1.32. The Morgan fingerprint density at radius 2 is 1.10 bits per heavy atom. The molecule has 0 spiro atoms. The van der Waals surface area contributed by atoms with Gasteiger partial charge in [0.2, 0.25) is 11.2 Å². The number of aliphatic hydroxyl groups excluding tert-OH is 4. The lowest BCUT2D eigenvalue weighted by Gasteiger charge is -2.19. The van der Waals surface area contributed by atoms with Crippen molar-refractivity contribution < 1.29 is 58.9 Å². The molecule has 1 aliphatic carbocycles. The zero-order chi connectivity index (χ0) is 56.2. The number of rotatable bonds is 22. The topological polar surface area (TPSA) is 302 Å². The second-order valence-electron chi connectivity index (χ2n) is 21.7. The fourth-order valence-corrected chi connectivity index (χ4v) is 11.3. The summed E-state index contributed by atoms with van der Waals surface area (Å²) in [5.74, 6) is -1.91. The van der Waals surface area contributed by atoms with Gasteiger partial charge in [-0.25, -0.2) is 4.79 Å². The van der Waals surface area contributed by atoms with Crippen molar-refractivity contribution in [2.24, 2.45) is 21.8 Å². The summed E-state index contributed by atoms with van der Waals surface area (Å²) < 4.78 is 25.6. The Kier molecular flexibility index (Phi) is 21.7. The zero-order valence-corrected chi connectivity index (χ0v) is 47.0. The summed E-state index contributed by atoms with van der Waals surface area (Å²) >= 11 is 0. The second-order valence-corrected chi connectivity index (χ2v) is 30.3. The Labute approximate surface area is 451 Å². The number of carboxylic acid groups (broad SMARTS) is 1. The van der Waals surface area contributed by atoms with Crippen LogP contribution in [0, 0.1) is 11.8 Å². The van der Waals surface area contributed by atoms with Gasteiger partial charge in [0.25, 0.3) is 0 Å². The molecule has 6 unspecified atom stereocenters. The summed E-state index contributed by atoms with van der Waals surface area (Å²) in [4.78, 5) is 53.6. The van der Waals surface area contributed by atoms with Gasteiger partial charge in [0, 0.05) is 31.4 Å². The number of hydrogen-bond donors (Lipinski definition) is 7. The van der Waals surface area contributed by atoms with E-state index >= 15 is 0 Å². The number of hydrogen-bond acceptors (Lipinski definition) is 17. The molecule has 4 aromatic rings. The molecule has 0 saturated carbocycles. The number of benzene rings is 2. The minimum Gasteiger partial charge on any atom is -0.481 e. The largest absolute Gasteiger partial charge is 0.516 e. The van der Waals surface area contributed by atoms with Gasteiger partial charge in [0.1, 0.15) is 42.7 Å². The van der Waals surface area contributed by atoms with Gasteiger partial charge in [-0.1, -0.05) is 75.2 Å². The van der Waals surface area contributed by atoms with E-state index in [0.717, 1.165) is 41.0 Å². The van der Waals surface area contributed by atoms with Crippen LogP contribution in [-0.2, 0) is 28.5 Å². The van der Waals surface area contributed by atoms with Crippen LogP contribution in [0.15, 0.2) is 83.0 Å². The van der Waals surface area contributed by atoms with Gasteiger partial charge in [-0.05, 0) is 112 Å². The Hall–Kier alpha value is -5.43. The number of carboxylic acids is 1. The Bertz CT molecular complexity index is 2860. The van der Waals surface area contributed by atoms with Crippen molar-refractivity contribution in [3.05, 3.63) is 95.4 Å². The quantitative estimate of drug-likeness (QED) is 0.0226. The number of carbonyl (C=O) groups is 3. The molecule has 10 atom stereocenters. The average Bonchev–Trinajstić information content (AvgIpc) is 3.99. The van der Waals surface area contributed by atoms with Gasteiger partial charge in [-0.2, -0.15) is 9.97 Å². The number of carbonyl (C=O) groups excluding carboxylic acids is 2. The van der Waals surface area contributed by atoms with Gasteiger partial charge < -0.3 is 55.9 Å². The lowest BCUT2D eigenvalue weighted by Crippen LogP contribution is -2.36. The van der Waals surface area contributed by atoms with Crippen molar-refractivity contribution in [1.82, 2.24) is 19.1 Å². The Morgan fingerprint density at radius 3 is 1.53 bits per heavy atom. The second kappa shape index (κ2) is 27.4. The number of nitrogens with two attached hydrogens (primary N) is 2. The third kappa shape index (κ3) is 17.0. The SMILES string of the molecule is C=P(C)(C)CCC1OC(n2ccc(N)nc2=NCCCCC(C)C(=O)O)[C@H](O)[C@@H]1O.C=P(C)(C)CCC1OC(n2ccc(N)nc2=NCCCCC(C)C(=O)OC(=O)OCC2c3ccccc3-c3ccccc32)[C@H](O)[C@@H]1O. The Morgan fingerprint density at radius 1 is 0.675 bits per heavy atom. The molecule has 3 aliphatic rings. The number of nitrogen functional groups attached to an aromatic ring is 2. The average molecular weight is 1110 g/mol. The van der Waals surface area contributed by atoms with Crippen molar-refractivity contribution in [3.8, 4) is 11.1 Å². The van der Waals surface area contributed by atoms with Crippen molar-refractivity contribution in [1.29, 1.82) is 0 Å². The third-order valence-electron chi connectivity index (χ3n) is 13.9. The first-order valence-corrected chi connectivity index (χ1v) is 32.4. The fourth-order valence-electron chi connectivity index (χ4n) is 9.37. The van der Waals surface area contributed by atoms with Crippen molar-refractivity contribution in [2.45, 2.75) is 120 Å². The molecule has 2 fully saturated rings. The molecule has 0 bridgehead atoms. The maximum absolute atomic E-state index is 12.6. The first-order chi connectivity index (χ1) is 36.4. The number of unbranched alkanes of at least 4 members (excludes halogenated alkanes) is 2. The number of aliphatic carboxylic acids is 1. The summed E-state index contributed by atoms with van der Waals surface area (Å²) in [6.45, 7) is 10.2. The van der Waals surface area contributed by atoms with Gasteiger partial charge >= 0.3 is 18.1 Å². The summed E-state index contributed by atoms with van der Waals surface area (Å²) in [6, 6.07) is 19.2. The number of aliphatic hydroxyl groups is 4. The van der Waals surface area contributed by atoms with Crippen molar-refractivity contribution >= 4 is 56.1 Å². The van der Waals surface area contributed by atoms with E-state index in [9.17, 15) is 34.8 Å². The standard InChI is InChI=1S/C35H45N4O7P.C20H35N4O5P/c1-22(33(42)46-35(43)44-21-27-25-14-7-5-12-23(25)24-13-6-8-15-26(24)27)11-9-10-18-37-34-38-29(36)16-19-39(34)32-31(41)30(40)28(45-32)17-20-47(2,3)4;1-13(19(27)28)7-5-6-10-22-20-23-15(21)8-11-24(20)18-17(26)16(25)14(29-18)9-12-30(2,3)4/h5-8,12-16,19,22,27-28,30-32,40-41H,2,9-11,17-18,20-21H2,1,3-4H3,(H2,36,37,38);8,11,13-14,16-18,25-26H,2,5-7,9-10,12H2,1,3-4H3,(H,27,28)(H2,21,22,23)/t22?,28?,30-,31-,32?;13?,14?,16-,17-,18?/m11/s1. The van der Waals surface area contributed by atoms with Crippen molar-refractivity contribution in [3.63, 3.8) is 0 Å². The predicted molar refractivity (Wildman–Crippen MR) is 302 cm³/mol. The Balaban J connectivity index is 0.000000276. The van der Waals surface area contributed by atoms with E-state index in [1.165, 1.54) is 0 Å². The first-order valence-electron chi connectivity index (χ1n) is 26.3. The molecule has 0 amide bonds. The zero-order valence-electron chi connectivity index (χ0n) is 45.2. The predicted octanol–water partition coefficient (Wildman–Crippen LogP) is 5.36. The maximum atomic E-state index is 12.6. The number of aromatic nitrogens is 4. The third-order valence-corrected chi connectivity index (χ3v) is 16.9. The summed E-state index contributed by atoms with van der Waals surface area (Å²) in [5.41, 5.74) is 16.7. The molecule has 2 aromatic carbocycles. The van der Waals surface area contributed by atoms with E-state index < -0.39 is 86.9 Å². The highest BCUT2D eigenvalue weighted by Crippen LogP contribution is 2.45. The molecule has 20 nitrogen and oxygen atoms in total. The van der Waals surface area contributed by atoms with E-state index in [-0.39, 0.29) is 35.7 Å². The smallest absolute Gasteiger partial charge is 0.481 e. The molecule has 9 N–H and O–H groups in total. The molecular weight excluding hydrogens is 1030 g/mol. The van der Waals surface area contributed by atoms with Gasteiger partial charge in [-0.3, -0.25) is 28.7 Å². The van der Waals surface area contributed by atoms with Crippen LogP contribution in [-0.4, -0.2) is 171 Å².